The molecule has 1 heterocycles. The molecule has 1 unspecified atom stereocenters. The molecule has 1 N–H and O–H groups in total. The monoisotopic (exact) mass is 248 g/mol. The van der Waals surface area contributed by atoms with Gasteiger partial charge in [0.05, 0.1) is 6.54 Å². The number of amides is 1. The maximum atomic E-state index is 12.2. The minimum absolute atomic E-state index is 0.101. The Kier molecular flexibility index (Phi) is 3.30. The molecule has 2 rings (SSSR count). The number of hydrogen-bond acceptors (Lipinski definition) is 3. The van der Waals surface area contributed by atoms with Gasteiger partial charge in [-0.1, -0.05) is 24.3 Å². The predicted octanol–water partition coefficient (Wildman–Crippen LogP) is 2.66. The molecule has 1 aliphatic rings. The smallest absolute Gasteiger partial charge is 0.412 e. The van der Waals surface area contributed by atoms with E-state index in [1.807, 2.05) is 52.1 Å². The SMILES string of the molecule is CNC1c2ccccc2CN1C(=O)OC(C)(C)C. The van der Waals surface area contributed by atoms with Crippen LogP contribution >= 0.6 is 0 Å². The van der Waals surface area contributed by atoms with E-state index in [0.29, 0.717) is 6.54 Å². The van der Waals surface area contributed by atoms with Crippen molar-refractivity contribution in [3.05, 3.63) is 35.4 Å². The molecule has 0 fully saturated rings. The number of nitrogens with one attached hydrogen (secondary N) is 1. The highest BCUT2D eigenvalue weighted by molar-refractivity contribution is 5.70. The molecule has 4 heteroatoms. The van der Waals surface area contributed by atoms with Crippen LogP contribution in [-0.4, -0.2) is 23.6 Å². The molecule has 0 spiro atoms. The van der Waals surface area contributed by atoms with Crippen LogP contribution in [0.2, 0.25) is 0 Å². The van der Waals surface area contributed by atoms with Crippen molar-refractivity contribution in [2.24, 2.45) is 0 Å². The maximum Gasteiger partial charge on any atom is 0.412 e. The highest BCUT2D eigenvalue weighted by Crippen LogP contribution is 2.32. The lowest BCUT2D eigenvalue weighted by Gasteiger charge is -2.28. The Morgan fingerprint density at radius 1 is 1.39 bits per heavy atom. The number of ether oxygens (including phenoxy) is 1. The van der Waals surface area contributed by atoms with Gasteiger partial charge in [-0.2, -0.15) is 0 Å². The Hall–Kier alpha value is -1.55. The van der Waals surface area contributed by atoms with Crippen LogP contribution < -0.4 is 5.32 Å². The first kappa shape index (κ1) is 12.9. The lowest BCUT2D eigenvalue weighted by Crippen LogP contribution is -2.39. The topological polar surface area (TPSA) is 41.6 Å². The van der Waals surface area contributed by atoms with E-state index in [-0.39, 0.29) is 12.3 Å². The summed E-state index contributed by atoms with van der Waals surface area (Å²) in [5, 5.41) is 3.16. The van der Waals surface area contributed by atoms with Crippen molar-refractivity contribution >= 4 is 6.09 Å². The number of nitrogens with zero attached hydrogens (tertiary/aromatic N) is 1. The fourth-order valence-electron chi connectivity index (χ4n) is 2.19. The Labute approximate surface area is 108 Å². The largest absolute Gasteiger partial charge is 0.444 e. The van der Waals surface area contributed by atoms with Crippen LogP contribution in [0, 0.1) is 0 Å². The molecule has 98 valence electrons. The zero-order valence-corrected chi connectivity index (χ0v) is 11.4. The molecular weight excluding hydrogens is 228 g/mol. The van der Waals surface area contributed by atoms with Crippen molar-refractivity contribution in [1.29, 1.82) is 0 Å². The Balaban J connectivity index is 2.20. The van der Waals surface area contributed by atoms with Crippen molar-refractivity contribution in [3.8, 4) is 0 Å². The molecule has 1 aromatic carbocycles. The van der Waals surface area contributed by atoms with Gasteiger partial charge in [0.1, 0.15) is 11.8 Å². The van der Waals surface area contributed by atoms with Crippen molar-refractivity contribution in [2.75, 3.05) is 7.05 Å². The molecule has 0 saturated carbocycles. The van der Waals surface area contributed by atoms with Gasteiger partial charge >= 0.3 is 6.09 Å². The molecule has 18 heavy (non-hydrogen) atoms. The molecule has 0 radical (unpaired) electrons. The van der Waals surface area contributed by atoms with Crippen molar-refractivity contribution in [2.45, 2.75) is 39.1 Å². The van der Waals surface area contributed by atoms with Crippen LogP contribution in [-0.2, 0) is 11.3 Å². The van der Waals surface area contributed by atoms with E-state index >= 15 is 0 Å². The van der Waals surface area contributed by atoms with E-state index in [9.17, 15) is 4.79 Å². The van der Waals surface area contributed by atoms with Gasteiger partial charge in [0.15, 0.2) is 0 Å². The highest BCUT2D eigenvalue weighted by atomic mass is 16.6. The fourth-order valence-corrected chi connectivity index (χ4v) is 2.19. The molecule has 4 nitrogen and oxygen atoms in total. The number of fused-ring (bicyclic) bond motifs is 1. The normalized spacial score (nSPS) is 18.7. The quantitative estimate of drug-likeness (QED) is 0.830. The van der Waals surface area contributed by atoms with Gasteiger partial charge in [-0.25, -0.2) is 4.79 Å². The lowest BCUT2D eigenvalue weighted by molar-refractivity contribution is 0.0147. The first-order valence-corrected chi connectivity index (χ1v) is 6.17. The summed E-state index contributed by atoms with van der Waals surface area (Å²) in [6, 6.07) is 8.07. The zero-order valence-electron chi connectivity index (χ0n) is 11.4. The number of carbonyl (C=O) groups is 1. The van der Waals surface area contributed by atoms with Gasteiger partial charge in [0.25, 0.3) is 0 Å². The minimum atomic E-state index is -0.468. The van der Waals surface area contributed by atoms with Gasteiger partial charge < -0.3 is 4.74 Å². The summed E-state index contributed by atoms with van der Waals surface area (Å²) in [6.07, 6.45) is -0.380. The molecule has 0 aliphatic carbocycles. The van der Waals surface area contributed by atoms with Crippen LogP contribution in [0.4, 0.5) is 4.79 Å². The van der Waals surface area contributed by atoms with E-state index < -0.39 is 5.60 Å². The summed E-state index contributed by atoms with van der Waals surface area (Å²) in [7, 11) is 1.85. The van der Waals surface area contributed by atoms with Crippen LogP contribution in [0.3, 0.4) is 0 Å². The van der Waals surface area contributed by atoms with Crippen LogP contribution in [0.1, 0.15) is 38.1 Å². The number of benzene rings is 1. The summed E-state index contributed by atoms with van der Waals surface area (Å²) in [4.78, 5) is 13.9. The first-order valence-electron chi connectivity index (χ1n) is 6.17. The second-order valence-electron chi connectivity index (χ2n) is 5.50. The van der Waals surface area contributed by atoms with Crippen LogP contribution in [0.25, 0.3) is 0 Å². The predicted molar refractivity (Wildman–Crippen MR) is 70.0 cm³/mol. The molecule has 0 aromatic heterocycles. The third-order valence-corrected chi connectivity index (χ3v) is 2.90. The zero-order chi connectivity index (χ0) is 13.3. The lowest BCUT2D eigenvalue weighted by atomic mass is 10.1. The molecular formula is C14H20N2O2. The second kappa shape index (κ2) is 4.61. The van der Waals surface area contributed by atoms with Crippen molar-refractivity contribution in [1.82, 2.24) is 10.2 Å². The summed E-state index contributed by atoms with van der Waals surface area (Å²) in [5.41, 5.74) is 1.85. The third-order valence-electron chi connectivity index (χ3n) is 2.90. The van der Waals surface area contributed by atoms with E-state index in [4.69, 9.17) is 4.74 Å². The van der Waals surface area contributed by atoms with E-state index in [0.717, 1.165) is 5.56 Å². The first-order chi connectivity index (χ1) is 8.42. The average Bonchev–Trinajstić information content (AvgIpc) is 2.65. The van der Waals surface area contributed by atoms with E-state index in [1.165, 1.54) is 5.56 Å². The fraction of sp³-hybridized carbons (Fsp3) is 0.500. The summed E-state index contributed by atoms with van der Waals surface area (Å²) < 4.78 is 5.43. The second-order valence-corrected chi connectivity index (χ2v) is 5.50. The van der Waals surface area contributed by atoms with Gasteiger partial charge in [-0.15, -0.1) is 0 Å². The van der Waals surface area contributed by atoms with Gasteiger partial charge in [0, 0.05) is 0 Å². The Morgan fingerprint density at radius 3 is 2.67 bits per heavy atom. The van der Waals surface area contributed by atoms with Crippen LogP contribution in [0.15, 0.2) is 24.3 Å². The van der Waals surface area contributed by atoms with Gasteiger partial charge in [0.2, 0.25) is 0 Å². The molecule has 1 aromatic rings. The summed E-state index contributed by atoms with van der Waals surface area (Å²) in [6.45, 7) is 6.23. The summed E-state index contributed by atoms with van der Waals surface area (Å²) in [5.74, 6) is 0. The molecule has 0 saturated heterocycles. The van der Waals surface area contributed by atoms with E-state index in [2.05, 4.69) is 5.32 Å². The Morgan fingerprint density at radius 2 is 2.06 bits per heavy atom. The average molecular weight is 248 g/mol. The van der Waals surface area contributed by atoms with Crippen LogP contribution in [0.5, 0.6) is 0 Å². The van der Waals surface area contributed by atoms with E-state index in [1.54, 1.807) is 4.90 Å². The standard InChI is InChI=1S/C14H20N2O2/c1-14(2,3)18-13(17)16-9-10-7-5-6-8-11(10)12(16)15-4/h5-8,12,15H,9H2,1-4H3. The maximum absolute atomic E-state index is 12.2. The minimum Gasteiger partial charge on any atom is -0.444 e. The molecule has 1 atom stereocenters. The number of hydrogen-bond donors (Lipinski definition) is 1. The highest BCUT2D eigenvalue weighted by Gasteiger charge is 2.34. The number of carbonyl (C=O) groups excluding carboxylic acids is 1. The molecule has 1 amide bonds. The molecule has 0 bridgehead atoms. The van der Waals surface area contributed by atoms with Crippen molar-refractivity contribution in [3.63, 3.8) is 0 Å². The Bertz CT molecular complexity index is 451. The van der Waals surface area contributed by atoms with Gasteiger partial charge in [-0.3, -0.25) is 10.2 Å². The van der Waals surface area contributed by atoms with Gasteiger partial charge in [-0.05, 0) is 38.9 Å². The summed E-state index contributed by atoms with van der Waals surface area (Å²) >= 11 is 0. The van der Waals surface area contributed by atoms with Crippen molar-refractivity contribution < 1.29 is 9.53 Å². The number of rotatable bonds is 1. The third kappa shape index (κ3) is 2.48. The molecule has 1 aliphatic heterocycles.